The van der Waals surface area contributed by atoms with Crippen molar-refractivity contribution < 1.29 is 54.5 Å². The number of carbonyl (C=O) groups is 1. The summed E-state index contributed by atoms with van der Waals surface area (Å²) in [7, 11) is 0. The van der Waals surface area contributed by atoms with Crippen LogP contribution in [0.3, 0.4) is 0 Å². The van der Waals surface area contributed by atoms with Gasteiger partial charge in [0.05, 0.1) is 29.0 Å². The smallest absolute Gasteiger partial charge is 0.416 e. The Morgan fingerprint density at radius 3 is 1.86 bits per heavy atom. The van der Waals surface area contributed by atoms with Gasteiger partial charge in [0.2, 0.25) is 0 Å². The first-order valence-corrected chi connectivity index (χ1v) is 10.6. The molecule has 1 aliphatic rings. The van der Waals surface area contributed by atoms with E-state index in [2.05, 4.69) is 0 Å². The average Bonchev–Trinajstić information content (AvgIpc) is 2.76. The number of anilines is 1. The number of benzene rings is 2. The van der Waals surface area contributed by atoms with E-state index in [9.17, 15) is 54.5 Å². The third-order valence-electron chi connectivity index (χ3n) is 6.30. The maximum absolute atomic E-state index is 13.4. The molecule has 198 valence electrons. The Balaban J connectivity index is 2.27. The van der Waals surface area contributed by atoms with Crippen molar-refractivity contribution in [3.8, 4) is 0 Å². The molecule has 1 aliphatic heterocycles. The van der Waals surface area contributed by atoms with Crippen LogP contribution in [0.5, 0.6) is 0 Å². The van der Waals surface area contributed by atoms with E-state index in [0.29, 0.717) is 24.3 Å². The zero-order chi connectivity index (χ0) is 27.2. The number of nitrogens with zero attached hydrogens (tertiary/aromatic N) is 1. The molecule has 1 amide bonds. The number of hydrogen-bond donors (Lipinski definition) is 2. The van der Waals surface area contributed by atoms with Gasteiger partial charge in [0.15, 0.2) is 0 Å². The molecule has 36 heavy (non-hydrogen) atoms. The highest BCUT2D eigenvalue weighted by atomic mass is 19.4. The van der Waals surface area contributed by atoms with Gasteiger partial charge < -0.3 is 10.2 Å². The molecule has 0 radical (unpaired) electrons. The first-order valence-electron chi connectivity index (χ1n) is 10.6. The molecule has 3 rings (SSSR count). The van der Waals surface area contributed by atoms with E-state index in [1.54, 1.807) is 6.92 Å². The topological polar surface area (TPSA) is 60.8 Å². The van der Waals surface area contributed by atoms with Crippen molar-refractivity contribution in [2.75, 3.05) is 11.5 Å². The van der Waals surface area contributed by atoms with Crippen molar-refractivity contribution in [2.45, 2.75) is 56.2 Å². The molecule has 2 aromatic carbocycles. The first-order chi connectivity index (χ1) is 16.5. The summed E-state index contributed by atoms with van der Waals surface area (Å²) in [6, 6.07) is 2.09. The first kappa shape index (κ1) is 27.6. The SMILES string of the molecule is CC[C@@H]1C[C@H]([C@H](CO)c2cc(C(F)(F)F)cc(C(F)(F)F)c2)c2cc(C(F)(F)F)ccc2N1C(=O)O. The number of carboxylic acid groups (broad SMARTS) is 1. The molecule has 1 heterocycles. The van der Waals surface area contributed by atoms with Gasteiger partial charge in [-0.05, 0) is 66.3 Å². The Bertz CT molecular complexity index is 1090. The minimum absolute atomic E-state index is 0.0878. The van der Waals surface area contributed by atoms with Gasteiger partial charge in [-0.3, -0.25) is 4.90 Å². The van der Waals surface area contributed by atoms with E-state index < -0.39 is 71.4 Å². The Labute approximate surface area is 198 Å². The van der Waals surface area contributed by atoms with Gasteiger partial charge in [0, 0.05) is 12.0 Å². The van der Waals surface area contributed by atoms with Crippen molar-refractivity contribution >= 4 is 11.8 Å². The standard InChI is InChI=1S/C23H20F9NO3/c1-2-15-9-16(17-8-12(21(24,25)26)3-4-19(17)33(15)20(35)36)18(10-34)11-5-13(22(27,28)29)7-14(6-11)23(30,31)32/h3-8,15-16,18,34H,2,9-10H2,1H3,(H,35,36)/t15-,16+,18-/m1/s1. The summed E-state index contributed by atoms with van der Waals surface area (Å²) in [5, 5.41) is 19.8. The molecule has 0 aromatic heterocycles. The number of aliphatic hydroxyl groups excluding tert-OH is 1. The second kappa shape index (κ2) is 9.49. The summed E-state index contributed by atoms with van der Waals surface area (Å²) >= 11 is 0. The molecule has 0 aliphatic carbocycles. The zero-order valence-corrected chi connectivity index (χ0v) is 18.5. The van der Waals surface area contributed by atoms with E-state index in [0.717, 1.165) is 11.0 Å². The summed E-state index contributed by atoms with van der Waals surface area (Å²) in [6.07, 6.45) is -16.8. The van der Waals surface area contributed by atoms with Crippen molar-refractivity contribution in [3.63, 3.8) is 0 Å². The zero-order valence-electron chi connectivity index (χ0n) is 18.5. The number of rotatable bonds is 4. The molecule has 0 saturated carbocycles. The highest BCUT2D eigenvalue weighted by Crippen LogP contribution is 2.49. The summed E-state index contributed by atoms with van der Waals surface area (Å²) < 4.78 is 121. The van der Waals surface area contributed by atoms with Crippen molar-refractivity contribution in [1.82, 2.24) is 0 Å². The number of fused-ring (bicyclic) bond motifs is 1. The summed E-state index contributed by atoms with van der Waals surface area (Å²) in [5.41, 5.74) is -5.45. The molecule has 2 aromatic rings. The number of amides is 1. The maximum atomic E-state index is 13.4. The Morgan fingerprint density at radius 2 is 1.44 bits per heavy atom. The van der Waals surface area contributed by atoms with Gasteiger partial charge in [-0.2, -0.15) is 39.5 Å². The van der Waals surface area contributed by atoms with Crippen LogP contribution in [0.25, 0.3) is 0 Å². The fraction of sp³-hybridized carbons (Fsp3) is 0.435. The summed E-state index contributed by atoms with van der Waals surface area (Å²) in [4.78, 5) is 12.7. The van der Waals surface area contributed by atoms with Crippen LogP contribution < -0.4 is 4.90 Å². The highest BCUT2D eigenvalue weighted by molar-refractivity contribution is 5.89. The fourth-order valence-electron chi connectivity index (χ4n) is 4.62. The predicted octanol–water partition coefficient (Wildman–Crippen LogP) is 7.27. The minimum Gasteiger partial charge on any atom is -0.465 e. The Kier molecular flexibility index (Phi) is 7.28. The predicted molar refractivity (Wildman–Crippen MR) is 110 cm³/mol. The number of hydrogen-bond acceptors (Lipinski definition) is 2. The highest BCUT2D eigenvalue weighted by Gasteiger charge is 2.43. The monoisotopic (exact) mass is 529 g/mol. The molecule has 0 fully saturated rings. The lowest BCUT2D eigenvalue weighted by Gasteiger charge is -2.42. The average molecular weight is 529 g/mol. The van der Waals surface area contributed by atoms with Gasteiger partial charge in [0.25, 0.3) is 0 Å². The Hall–Kier alpha value is -2.96. The van der Waals surface area contributed by atoms with Gasteiger partial charge in [-0.15, -0.1) is 0 Å². The molecular weight excluding hydrogens is 509 g/mol. The lowest BCUT2D eigenvalue weighted by Crippen LogP contribution is -2.45. The maximum Gasteiger partial charge on any atom is 0.416 e. The third-order valence-corrected chi connectivity index (χ3v) is 6.30. The van der Waals surface area contributed by atoms with Crippen molar-refractivity contribution in [1.29, 1.82) is 0 Å². The largest absolute Gasteiger partial charge is 0.465 e. The third kappa shape index (κ3) is 5.40. The summed E-state index contributed by atoms with van der Waals surface area (Å²) in [6.45, 7) is 0.579. The van der Waals surface area contributed by atoms with Gasteiger partial charge in [0.1, 0.15) is 0 Å². The number of halogens is 9. The molecule has 0 saturated heterocycles. The second-order valence-electron chi connectivity index (χ2n) is 8.46. The van der Waals surface area contributed by atoms with Gasteiger partial charge in [-0.25, -0.2) is 4.79 Å². The number of alkyl halides is 9. The molecule has 0 bridgehead atoms. The van der Waals surface area contributed by atoms with Crippen molar-refractivity contribution in [2.24, 2.45) is 0 Å². The van der Waals surface area contributed by atoms with E-state index >= 15 is 0 Å². The minimum atomic E-state index is -5.17. The van der Waals surface area contributed by atoms with Crippen LogP contribution >= 0.6 is 0 Å². The molecule has 0 unspecified atom stereocenters. The normalized spacial score (nSPS) is 19.7. The van der Waals surface area contributed by atoms with E-state index in [1.807, 2.05) is 0 Å². The van der Waals surface area contributed by atoms with Crippen LogP contribution in [-0.2, 0) is 18.5 Å². The molecule has 13 heteroatoms. The van der Waals surface area contributed by atoms with Crippen LogP contribution in [0.2, 0.25) is 0 Å². The molecule has 3 atom stereocenters. The van der Waals surface area contributed by atoms with E-state index in [1.165, 1.54) is 0 Å². The molecular formula is C23H20F9NO3. The number of aliphatic hydroxyl groups is 1. The van der Waals surface area contributed by atoms with E-state index in [4.69, 9.17) is 0 Å². The van der Waals surface area contributed by atoms with Crippen LogP contribution in [0.1, 0.15) is 59.4 Å². The van der Waals surface area contributed by atoms with Crippen LogP contribution in [0, 0.1) is 0 Å². The van der Waals surface area contributed by atoms with Crippen LogP contribution in [0.4, 0.5) is 50.0 Å². The van der Waals surface area contributed by atoms with E-state index in [-0.39, 0.29) is 30.2 Å². The lowest BCUT2D eigenvalue weighted by atomic mass is 9.73. The molecule has 0 spiro atoms. The van der Waals surface area contributed by atoms with Gasteiger partial charge >= 0.3 is 24.6 Å². The lowest BCUT2D eigenvalue weighted by molar-refractivity contribution is -0.143. The second-order valence-corrected chi connectivity index (χ2v) is 8.46. The van der Waals surface area contributed by atoms with Gasteiger partial charge in [-0.1, -0.05) is 6.92 Å². The fourth-order valence-corrected chi connectivity index (χ4v) is 4.62. The van der Waals surface area contributed by atoms with Crippen LogP contribution in [-0.4, -0.2) is 29.0 Å². The summed E-state index contributed by atoms with van der Waals surface area (Å²) in [5.74, 6) is -2.70. The Morgan fingerprint density at radius 1 is 0.917 bits per heavy atom. The molecule has 4 nitrogen and oxygen atoms in total. The van der Waals surface area contributed by atoms with Crippen molar-refractivity contribution in [3.05, 3.63) is 64.2 Å². The molecule has 2 N–H and O–H groups in total. The van der Waals surface area contributed by atoms with Crippen LogP contribution in [0.15, 0.2) is 36.4 Å². The quantitative estimate of drug-likeness (QED) is 0.410.